The lowest BCUT2D eigenvalue weighted by Gasteiger charge is -2.28. The summed E-state index contributed by atoms with van der Waals surface area (Å²) in [5.41, 5.74) is 3.79. The average Bonchev–Trinajstić information content (AvgIpc) is 2.55. The second-order valence-corrected chi connectivity index (χ2v) is 4.19. The highest BCUT2D eigenvalue weighted by Crippen LogP contribution is 2.33. The molecular weight excluding hydrogens is 184 g/mol. The Morgan fingerprint density at radius 1 is 1.69 bits per heavy atom. The number of rotatable bonds is 4. The van der Waals surface area contributed by atoms with Gasteiger partial charge in [-0.3, -0.25) is 11.3 Å². The third-order valence-corrected chi connectivity index (χ3v) is 3.25. The van der Waals surface area contributed by atoms with E-state index < -0.39 is 0 Å². The topological polar surface area (TPSA) is 63.8 Å². The van der Waals surface area contributed by atoms with Gasteiger partial charge in [0.2, 0.25) is 0 Å². The minimum absolute atomic E-state index is 0.198. The van der Waals surface area contributed by atoms with Gasteiger partial charge in [0, 0.05) is 5.38 Å². The second kappa shape index (κ2) is 4.13. The van der Waals surface area contributed by atoms with Crippen molar-refractivity contribution in [2.24, 2.45) is 11.8 Å². The summed E-state index contributed by atoms with van der Waals surface area (Å²) in [7, 11) is 0. The lowest BCUT2D eigenvalue weighted by molar-refractivity contribution is 0.260. The quantitative estimate of drug-likeness (QED) is 0.564. The van der Waals surface area contributed by atoms with E-state index in [0.717, 1.165) is 18.0 Å². The second-order valence-electron chi connectivity index (χ2n) is 3.58. The molecule has 0 radical (unpaired) electrons. The molecule has 1 saturated carbocycles. The summed E-state index contributed by atoms with van der Waals surface area (Å²) < 4.78 is 3.84. The van der Waals surface area contributed by atoms with Gasteiger partial charge in [-0.1, -0.05) is 23.8 Å². The lowest BCUT2D eigenvalue weighted by Crippen LogP contribution is -2.31. The molecule has 13 heavy (non-hydrogen) atoms. The molecule has 1 aromatic rings. The predicted molar refractivity (Wildman–Crippen MR) is 51.9 cm³/mol. The normalized spacial score (nSPS) is 19.8. The fourth-order valence-electron chi connectivity index (χ4n) is 1.66. The van der Waals surface area contributed by atoms with Crippen LogP contribution in [0.25, 0.3) is 0 Å². The molecule has 1 heterocycles. The van der Waals surface area contributed by atoms with Crippen molar-refractivity contribution in [1.29, 1.82) is 0 Å². The van der Waals surface area contributed by atoms with Crippen LogP contribution in [0, 0.1) is 5.92 Å². The largest absolute Gasteiger partial charge is 0.271 e. The number of aromatic nitrogens is 2. The third-order valence-electron chi connectivity index (χ3n) is 2.73. The first kappa shape index (κ1) is 9.05. The number of hydrogen-bond acceptors (Lipinski definition) is 5. The third kappa shape index (κ3) is 2.04. The summed E-state index contributed by atoms with van der Waals surface area (Å²) in [6.07, 6.45) is 5.16. The molecule has 1 atom stereocenters. The lowest BCUT2D eigenvalue weighted by atomic mass is 9.80. The average molecular weight is 198 g/mol. The van der Waals surface area contributed by atoms with Gasteiger partial charge in [-0.2, -0.15) is 0 Å². The van der Waals surface area contributed by atoms with Crippen molar-refractivity contribution >= 4 is 11.5 Å². The molecular formula is C8H14N4S. The molecule has 72 valence electrons. The molecule has 5 heteroatoms. The van der Waals surface area contributed by atoms with E-state index in [9.17, 15) is 0 Å². The van der Waals surface area contributed by atoms with Gasteiger partial charge in [0.15, 0.2) is 0 Å². The monoisotopic (exact) mass is 198 g/mol. The molecule has 1 unspecified atom stereocenters. The smallest absolute Gasteiger partial charge is 0.0938 e. The van der Waals surface area contributed by atoms with Crippen molar-refractivity contribution < 1.29 is 0 Å². The first-order chi connectivity index (χ1) is 6.40. The molecule has 0 amide bonds. The van der Waals surface area contributed by atoms with Crippen molar-refractivity contribution in [1.82, 2.24) is 15.0 Å². The number of nitrogens with one attached hydrogen (secondary N) is 1. The fourth-order valence-corrected chi connectivity index (χ4v) is 2.17. The van der Waals surface area contributed by atoms with E-state index >= 15 is 0 Å². The zero-order chi connectivity index (χ0) is 9.10. The number of nitrogens with two attached hydrogens (primary N) is 1. The Labute approximate surface area is 81.7 Å². The van der Waals surface area contributed by atoms with Crippen molar-refractivity contribution in [3.63, 3.8) is 0 Å². The van der Waals surface area contributed by atoms with Gasteiger partial charge in [-0.15, -0.1) is 5.10 Å². The highest BCUT2D eigenvalue weighted by atomic mass is 32.1. The summed E-state index contributed by atoms with van der Waals surface area (Å²) >= 11 is 1.38. The van der Waals surface area contributed by atoms with Gasteiger partial charge in [0.1, 0.15) is 0 Å². The van der Waals surface area contributed by atoms with Crippen molar-refractivity contribution in [2.75, 3.05) is 0 Å². The number of nitrogens with zero attached hydrogens (tertiary/aromatic N) is 2. The first-order valence-corrected chi connectivity index (χ1v) is 5.47. The molecule has 0 spiro atoms. The fraction of sp³-hybridized carbons (Fsp3) is 0.750. The molecule has 0 aliphatic heterocycles. The zero-order valence-corrected chi connectivity index (χ0v) is 8.26. The van der Waals surface area contributed by atoms with Crippen LogP contribution in [0.4, 0.5) is 0 Å². The van der Waals surface area contributed by atoms with E-state index in [2.05, 4.69) is 15.0 Å². The summed E-state index contributed by atoms with van der Waals surface area (Å²) in [4.78, 5) is 0. The maximum Gasteiger partial charge on any atom is 0.0938 e. The minimum Gasteiger partial charge on any atom is -0.271 e. The summed E-state index contributed by atoms with van der Waals surface area (Å²) in [5.74, 6) is 6.31. The van der Waals surface area contributed by atoms with Crippen LogP contribution in [0.2, 0.25) is 0 Å². The van der Waals surface area contributed by atoms with Crippen LogP contribution in [-0.4, -0.2) is 9.59 Å². The Kier molecular flexibility index (Phi) is 2.87. The molecule has 1 aliphatic rings. The van der Waals surface area contributed by atoms with Gasteiger partial charge in [-0.05, 0) is 23.9 Å². The van der Waals surface area contributed by atoms with Crippen LogP contribution in [0.15, 0.2) is 5.38 Å². The van der Waals surface area contributed by atoms with E-state index in [1.54, 1.807) is 0 Å². The van der Waals surface area contributed by atoms with Crippen molar-refractivity contribution in [3.8, 4) is 0 Å². The van der Waals surface area contributed by atoms with Gasteiger partial charge in [0.05, 0.1) is 11.7 Å². The van der Waals surface area contributed by atoms with E-state index in [4.69, 9.17) is 5.84 Å². The molecule has 1 aromatic heterocycles. The maximum atomic E-state index is 5.48. The Hall–Kier alpha value is -0.520. The highest BCUT2D eigenvalue weighted by Gasteiger charge is 2.23. The Morgan fingerprint density at radius 2 is 2.54 bits per heavy atom. The molecule has 3 N–H and O–H groups in total. The molecule has 0 saturated heterocycles. The van der Waals surface area contributed by atoms with Crippen molar-refractivity contribution in [3.05, 3.63) is 11.1 Å². The van der Waals surface area contributed by atoms with Crippen molar-refractivity contribution in [2.45, 2.75) is 31.7 Å². The predicted octanol–water partition coefficient (Wildman–Crippen LogP) is 1.23. The summed E-state index contributed by atoms with van der Waals surface area (Å²) in [5, 5.41) is 5.99. The molecule has 4 nitrogen and oxygen atoms in total. The van der Waals surface area contributed by atoms with Crippen LogP contribution in [0.3, 0.4) is 0 Å². The van der Waals surface area contributed by atoms with E-state index in [-0.39, 0.29) is 6.04 Å². The van der Waals surface area contributed by atoms with Gasteiger partial charge in [-0.25, -0.2) is 0 Å². The molecule has 0 bridgehead atoms. The molecule has 1 fully saturated rings. The molecule has 1 aliphatic carbocycles. The van der Waals surface area contributed by atoms with E-state index in [1.165, 1.54) is 30.8 Å². The van der Waals surface area contributed by atoms with Gasteiger partial charge >= 0.3 is 0 Å². The first-order valence-electron chi connectivity index (χ1n) is 4.63. The number of hydrogen-bond donors (Lipinski definition) is 2. The summed E-state index contributed by atoms with van der Waals surface area (Å²) in [6, 6.07) is 0.198. The maximum absolute atomic E-state index is 5.48. The van der Waals surface area contributed by atoms with E-state index in [1.807, 2.05) is 5.38 Å². The Morgan fingerprint density at radius 3 is 3.00 bits per heavy atom. The van der Waals surface area contributed by atoms with Gasteiger partial charge < -0.3 is 0 Å². The standard InChI is InChI=1S/C8H14N4S/c9-10-7(4-6-2-1-3-6)8-5-13-12-11-8/h5-7,10H,1-4,9H2. The Bertz CT molecular complexity index is 245. The SMILES string of the molecule is NNC(CC1CCC1)c1csnn1. The highest BCUT2D eigenvalue weighted by molar-refractivity contribution is 7.03. The van der Waals surface area contributed by atoms with Crippen LogP contribution >= 0.6 is 11.5 Å². The van der Waals surface area contributed by atoms with Crippen LogP contribution < -0.4 is 11.3 Å². The molecule has 2 rings (SSSR count). The van der Waals surface area contributed by atoms with E-state index in [0.29, 0.717) is 0 Å². The number of hydrazine groups is 1. The van der Waals surface area contributed by atoms with Crippen LogP contribution in [-0.2, 0) is 0 Å². The van der Waals surface area contributed by atoms with Crippen LogP contribution in [0.1, 0.15) is 37.4 Å². The zero-order valence-electron chi connectivity index (χ0n) is 7.44. The Balaban J connectivity index is 1.92. The molecule has 0 aromatic carbocycles. The van der Waals surface area contributed by atoms with Crippen LogP contribution in [0.5, 0.6) is 0 Å². The summed E-state index contributed by atoms with van der Waals surface area (Å²) in [6.45, 7) is 0. The van der Waals surface area contributed by atoms with Gasteiger partial charge in [0.25, 0.3) is 0 Å². The minimum atomic E-state index is 0.198.